The number of nitrogens with zero attached hydrogens (tertiary/aromatic N) is 2. The van der Waals surface area contributed by atoms with E-state index < -0.39 is 0 Å². The van der Waals surface area contributed by atoms with Crippen LogP contribution in [-0.4, -0.2) is 37.5 Å². The minimum absolute atomic E-state index is 0.0614. The van der Waals surface area contributed by atoms with Crippen molar-refractivity contribution in [3.63, 3.8) is 0 Å². The molecule has 0 radical (unpaired) electrons. The van der Waals surface area contributed by atoms with E-state index in [9.17, 15) is 10.4 Å². The van der Waals surface area contributed by atoms with Gasteiger partial charge >= 0.3 is 0 Å². The number of anilines is 1. The van der Waals surface area contributed by atoms with Crippen LogP contribution in [-0.2, 0) is 4.74 Å². The second-order valence-electron chi connectivity index (χ2n) is 5.37. The zero-order valence-electron chi connectivity index (χ0n) is 12.0. The molecule has 2 aromatic carbocycles. The molecule has 0 amide bonds. The third kappa shape index (κ3) is 2.35. The summed E-state index contributed by atoms with van der Waals surface area (Å²) < 4.78 is 5.45. The van der Waals surface area contributed by atoms with Crippen LogP contribution in [0.3, 0.4) is 0 Å². The zero-order chi connectivity index (χ0) is 14.8. The molecule has 4 heteroatoms. The van der Waals surface area contributed by atoms with Gasteiger partial charge in [0, 0.05) is 30.1 Å². The average Bonchev–Trinajstić information content (AvgIpc) is 2.97. The Kier molecular flexibility index (Phi) is 3.78. The second kappa shape index (κ2) is 5.72. The lowest BCUT2D eigenvalue weighted by atomic mass is 10.0. The number of rotatable bonds is 3. The number of fused-ring (bicyclic) bond motifs is 1. The fourth-order valence-electron chi connectivity index (χ4n) is 3.14. The molecule has 0 spiro atoms. The summed E-state index contributed by atoms with van der Waals surface area (Å²) >= 11 is 0. The Bertz CT molecular complexity index is 693. The van der Waals surface area contributed by atoms with Gasteiger partial charge in [-0.15, -0.1) is 0 Å². The number of aliphatic hydroxyl groups excluding tert-OH is 1. The molecule has 4 nitrogen and oxygen atoms in total. The lowest BCUT2D eigenvalue weighted by Gasteiger charge is -2.26. The molecule has 1 saturated heterocycles. The molecule has 1 aliphatic heterocycles. The van der Waals surface area contributed by atoms with E-state index in [1.54, 1.807) is 7.11 Å². The number of nitriles is 1. The van der Waals surface area contributed by atoms with Gasteiger partial charge in [0.2, 0.25) is 0 Å². The van der Waals surface area contributed by atoms with Gasteiger partial charge in [-0.2, -0.15) is 5.26 Å². The standard InChI is InChI=1S/C17H18N2O2/c1-21-14-8-13(11-20)19(10-14)17-7-6-12(9-18)15-4-2-3-5-16(15)17/h2-7,13-14,20H,8,10-11H2,1H3/t13-,14-/m1/s1. The maximum Gasteiger partial charge on any atom is 0.0998 e. The monoisotopic (exact) mass is 282 g/mol. The lowest BCUT2D eigenvalue weighted by Crippen LogP contribution is -2.32. The van der Waals surface area contributed by atoms with Crippen molar-refractivity contribution in [2.24, 2.45) is 0 Å². The van der Waals surface area contributed by atoms with Crippen LogP contribution in [0.5, 0.6) is 0 Å². The van der Waals surface area contributed by atoms with E-state index in [1.165, 1.54) is 0 Å². The van der Waals surface area contributed by atoms with Crippen molar-refractivity contribution in [1.29, 1.82) is 5.26 Å². The molecular weight excluding hydrogens is 264 g/mol. The molecule has 3 rings (SSSR count). The second-order valence-corrected chi connectivity index (χ2v) is 5.37. The Morgan fingerprint density at radius 3 is 2.71 bits per heavy atom. The fraction of sp³-hybridized carbons (Fsp3) is 0.353. The van der Waals surface area contributed by atoms with Crippen molar-refractivity contribution in [3.8, 4) is 6.07 Å². The Balaban J connectivity index is 2.11. The molecule has 0 unspecified atom stereocenters. The van der Waals surface area contributed by atoms with Gasteiger partial charge in [-0.25, -0.2) is 0 Å². The third-order valence-electron chi connectivity index (χ3n) is 4.25. The summed E-state index contributed by atoms with van der Waals surface area (Å²) in [4.78, 5) is 2.19. The van der Waals surface area contributed by atoms with E-state index in [4.69, 9.17) is 4.74 Å². The SMILES string of the molecule is CO[C@@H]1C[C@H](CO)N(c2ccc(C#N)c3ccccc23)C1. The Morgan fingerprint density at radius 1 is 1.29 bits per heavy atom. The van der Waals surface area contributed by atoms with Crippen molar-refractivity contribution in [2.75, 3.05) is 25.2 Å². The highest BCUT2D eigenvalue weighted by atomic mass is 16.5. The highest BCUT2D eigenvalue weighted by Crippen LogP contribution is 2.34. The van der Waals surface area contributed by atoms with Crippen molar-refractivity contribution >= 4 is 16.5 Å². The summed E-state index contributed by atoms with van der Waals surface area (Å²) in [6, 6.07) is 14.0. The van der Waals surface area contributed by atoms with Gasteiger partial charge in [-0.1, -0.05) is 24.3 Å². The summed E-state index contributed by atoms with van der Waals surface area (Å²) in [5, 5.41) is 20.9. The van der Waals surface area contributed by atoms with E-state index in [1.807, 2.05) is 36.4 Å². The minimum Gasteiger partial charge on any atom is -0.394 e. The normalized spacial score (nSPS) is 21.7. The first-order valence-corrected chi connectivity index (χ1v) is 7.10. The number of benzene rings is 2. The van der Waals surface area contributed by atoms with Crippen LogP contribution in [0, 0.1) is 11.3 Å². The van der Waals surface area contributed by atoms with Crippen LogP contribution < -0.4 is 4.90 Å². The first-order chi connectivity index (χ1) is 10.3. The van der Waals surface area contributed by atoms with E-state index in [0.717, 1.165) is 29.4 Å². The number of hydrogen-bond acceptors (Lipinski definition) is 4. The maximum atomic E-state index is 9.63. The van der Waals surface area contributed by atoms with Gasteiger partial charge in [0.05, 0.1) is 30.4 Å². The van der Waals surface area contributed by atoms with Crippen LogP contribution in [0.2, 0.25) is 0 Å². The highest BCUT2D eigenvalue weighted by Gasteiger charge is 2.32. The largest absolute Gasteiger partial charge is 0.394 e. The third-order valence-corrected chi connectivity index (χ3v) is 4.25. The van der Waals surface area contributed by atoms with Crippen LogP contribution in [0.4, 0.5) is 5.69 Å². The van der Waals surface area contributed by atoms with Gasteiger partial charge in [0.1, 0.15) is 0 Å². The Labute approximate surface area is 124 Å². The summed E-state index contributed by atoms with van der Waals surface area (Å²) in [6.45, 7) is 0.867. The number of aliphatic hydroxyl groups is 1. The number of ether oxygens (including phenoxy) is 1. The van der Waals surface area contributed by atoms with Crippen LogP contribution in [0.15, 0.2) is 36.4 Å². The fourth-order valence-corrected chi connectivity index (χ4v) is 3.14. The number of hydrogen-bond donors (Lipinski definition) is 1. The van der Waals surface area contributed by atoms with Gasteiger partial charge < -0.3 is 14.7 Å². The lowest BCUT2D eigenvalue weighted by molar-refractivity contribution is 0.115. The molecule has 21 heavy (non-hydrogen) atoms. The van der Waals surface area contributed by atoms with E-state index in [-0.39, 0.29) is 18.8 Å². The summed E-state index contributed by atoms with van der Waals surface area (Å²) in [5.74, 6) is 0. The first kappa shape index (κ1) is 13.9. The molecule has 0 saturated carbocycles. The summed E-state index contributed by atoms with van der Waals surface area (Å²) in [6.07, 6.45) is 0.956. The van der Waals surface area contributed by atoms with Gasteiger partial charge in [-0.05, 0) is 18.6 Å². The zero-order valence-corrected chi connectivity index (χ0v) is 12.0. The van der Waals surface area contributed by atoms with E-state index >= 15 is 0 Å². The van der Waals surface area contributed by atoms with Crippen molar-refractivity contribution in [1.82, 2.24) is 0 Å². The topological polar surface area (TPSA) is 56.5 Å². The molecule has 1 fully saturated rings. The first-order valence-electron chi connectivity index (χ1n) is 7.10. The molecular formula is C17H18N2O2. The molecule has 1 aliphatic rings. The molecule has 0 bridgehead atoms. The minimum atomic E-state index is 0.0614. The Hall–Kier alpha value is -2.09. The Morgan fingerprint density at radius 2 is 2.05 bits per heavy atom. The molecule has 0 aliphatic carbocycles. The van der Waals surface area contributed by atoms with E-state index in [0.29, 0.717) is 5.56 Å². The van der Waals surface area contributed by atoms with Crippen LogP contribution in [0.25, 0.3) is 10.8 Å². The quantitative estimate of drug-likeness (QED) is 0.938. The maximum absolute atomic E-state index is 9.63. The summed E-state index contributed by atoms with van der Waals surface area (Å²) in [5.41, 5.74) is 1.74. The van der Waals surface area contributed by atoms with Crippen molar-refractivity contribution < 1.29 is 9.84 Å². The van der Waals surface area contributed by atoms with E-state index in [2.05, 4.69) is 11.0 Å². The smallest absolute Gasteiger partial charge is 0.0998 e. The molecule has 2 atom stereocenters. The molecule has 1 N–H and O–H groups in total. The van der Waals surface area contributed by atoms with Gasteiger partial charge in [-0.3, -0.25) is 0 Å². The predicted octanol–water partition coefficient (Wildman–Crippen LogP) is 2.30. The molecule has 2 aromatic rings. The molecule has 0 aromatic heterocycles. The molecule has 1 heterocycles. The number of methoxy groups -OCH3 is 1. The van der Waals surface area contributed by atoms with Crippen molar-refractivity contribution in [3.05, 3.63) is 42.0 Å². The predicted molar refractivity (Wildman–Crippen MR) is 82.3 cm³/mol. The van der Waals surface area contributed by atoms with Gasteiger partial charge in [0.25, 0.3) is 0 Å². The molecule has 108 valence electrons. The highest BCUT2D eigenvalue weighted by molar-refractivity contribution is 5.98. The van der Waals surface area contributed by atoms with Crippen LogP contribution in [0.1, 0.15) is 12.0 Å². The van der Waals surface area contributed by atoms with Crippen molar-refractivity contribution in [2.45, 2.75) is 18.6 Å². The average molecular weight is 282 g/mol. The van der Waals surface area contributed by atoms with Gasteiger partial charge in [0.15, 0.2) is 0 Å². The van der Waals surface area contributed by atoms with Crippen LogP contribution >= 0.6 is 0 Å². The summed E-state index contributed by atoms with van der Waals surface area (Å²) in [7, 11) is 1.71.